The van der Waals surface area contributed by atoms with E-state index in [1.165, 1.54) is 0 Å². The normalized spacial score (nSPS) is 10.8. The largest absolute Gasteiger partial charge is 0.433 e. The van der Waals surface area contributed by atoms with Crippen LogP contribution in [0.15, 0.2) is 36.8 Å². The summed E-state index contributed by atoms with van der Waals surface area (Å²) in [5.74, 6) is 0.606. The SMILES string of the molecule is CNc1cn2ccnc2c(Oc2cccc(C)c2F)n1. The molecule has 3 rings (SSSR count). The van der Waals surface area contributed by atoms with Crippen LogP contribution in [0, 0.1) is 12.7 Å². The molecule has 102 valence electrons. The Balaban J connectivity index is 2.10. The highest BCUT2D eigenvalue weighted by Crippen LogP contribution is 2.28. The van der Waals surface area contributed by atoms with Gasteiger partial charge in [-0.3, -0.25) is 4.40 Å². The standard InChI is InChI=1S/C14H13FN4O/c1-9-4-3-5-10(12(9)15)20-14-13-17-6-7-19(13)8-11(16-2)18-14/h3-8,16H,1-2H3. The first kappa shape index (κ1) is 12.4. The summed E-state index contributed by atoms with van der Waals surface area (Å²) in [7, 11) is 1.75. The van der Waals surface area contributed by atoms with Gasteiger partial charge in [-0.05, 0) is 18.6 Å². The number of nitrogens with zero attached hydrogens (tertiary/aromatic N) is 3. The first-order valence-electron chi connectivity index (χ1n) is 6.13. The predicted octanol–water partition coefficient (Wildman–Crippen LogP) is 3.01. The van der Waals surface area contributed by atoms with E-state index in [-0.39, 0.29) is 11.6 Å². The summed E-state index contributed by atoms with van der Waals surface area (Å²) in [5, 5.41) is 2.93. The molecule has 0 atom stereocenters. The summed E-state index contributed by atoms with van der Waals surface area (Å²) in [5.41, 5.74) is 1.05. The summed E-state index contributed by atoms with van der Waals surface area (Å²) < 4.78 is 21.4. The molecule has 0 aliphatic heterocycles. The molecule has 6 heteroatoms. The first-order valence-corrected chi connectivity index (χ1v) is 6.13. The molecule has 0 spiro atoms. The molecule has 1 aromatic carbocycles. The van der Waals surface area contributed by atoms with Crippen LogP contribution in [0.2, 0.25) is 0 Å². The second-order valence-electron chi connectivity index (χ2n) is 4.33. The maximum Gasteiger partial charge on any atom is 0.265 e. The lowest BCUT2D eigenvalue weighted by Gasteiger charge is -2.10. The van der Waals surface area contributed by atoms with Crippen LogP contribution < -0.4 is 10.1 Å². The van der Waals surface area contributed by atoms with Crippen molar-refractivity contribution in [1.82, 2.24) is 14.4 Å². The van der Waals surface area contributed by atoms with Gasteiger partial charge in [0.1, 0.15) is 5.82 Å². The average molecular weight is 272 g/mol. The smallest absolute Gasteiger partial charge is 0.265 e. The van der Waals surface area contributed by atoms with Crippen molar-refractivity contribution >= 4 is 11.5 Å². The summed E-state index contributed by atoms with van der Waals surface area (Å²) in [6.45, 7) is 1.69. The maximum atomic E-state index is 14.0. The molecule has 0 saturated heterocycles. The van der Waals surface area contributed by atoms with Crippen LogP contribution in [0.4, 0.5) is 10.2 Å². The number of fused-ring (bicyclic) bond motifs is 1. The van der Waals surface area contributed by atoms with Gasteiger partial charge in [0.25, 0.3) is 5.88 Å². The third kappa shape index (κ3) is 2.05. The summed E-state index contributed by atoms with van der Waals surface area (Å²) in [4.78, 5) is 8.44. The van der Waals surface area contributed by atoms with Crippen molar-refractivity contribution in [2.45, 2.75) is 6.92 Å². The molecule has 1 N–H and O–H groups in total. The van der Waals surface area contributed by atoms with Crippen LogP contribution >= 0.6 is 0 Å². The Morgan fingerprint density at radius 3 is 3.00 bits per heavy atom. The lowest BCUT2D eigenvalue weighted by molar-refractivity contribution is 0.428. The third-order valence-corrected chi connectivity index (χ3v) is 2.96. The van der Waals surface area contributed by atoms with Gasteiger partial charge in [0, 0.05) is 19.4 Å². The van der Waals surface area contributed by atoms with Crippen LogP contribution in [0.5, 0.6) is 11.6 Å². The van der Waals surface area contributed by atoms with Gasteiger partial charge in [-0.1, -0.05) is 12.1 Å². The third-order valence-electron chi connectivity index (χ3n) is 2.96. The number of imidazole rings is 1. The fourth-order valence-electron chi connectivity index (χ4n) is 1.90. The fraction of sp³-hybridized carbons (Fsp3) is 0.143. The van der Waals surface area contributed by atoms with Crippen molar-refractivity contribution in [1.29, 1.82) is 0 Å². The van der Waals surface area contributed by atoms with E-state index in [4.69, 9.17) is 4.74 Å². The summed E-state index contributed by atoms with van der Waals surface area (Å²) in [6, 6.07) is 4.98. The van der Waals surface area contributed by atoms with E-state index in [2.05, 4.69) is 15.3 Å². The molecule has 0 bridgehead atoms. The molecule has 0 unspecified atom stereocenters. The zero-order valence-electron chi connectivity index (χ0n) is 11.1. The van der Waals surface area contributed by atoms with Crippen molar-refractivity contribution in [3.05, 3.63) is 48.2 Å². The Morgan fingerprint density at radius 1 is 1.35 bits per heavy atom. The summed E-state index contributed by atoms with van der Waals surface area (Å²) >= 11 is 0. The van der Waals surface area contributed by atoms with Gasteiger partial charge < -0.3 is 10.1 Å². The number of aromatic nitrogens is 3. The second-order valence-corrected chi connectivity index (χ2v) is 4.33. The van der Waals surface area contributed by atoms with Crippen molar-refractivity contribution in [2.24, 2.45) is 0 Å². The van der Waals surface area contributed by atoms with E-state index in [1.807, 2.05) is 0 Å². The molecule has 0 fully saturated rings. The minimum Gasteiger partial charge on any atom is -0.433 e. The number of benzene rings is 1. The molecule has 5 nitrogen and oxygen atoms in total. The Hall–Kier alpha value is -2.63. The Bertz CT molecular complexity index is 769. The van der Waals surface area contributed by atoms with Gasteiger partial charge in [0.05, 0.1) is 6.20 Å². The maximum absolute atomic E-state index is 14.0. The molecule has 2 aromatic heterocycles. The molecular formula is C14H13FN4O. The highest BCUT2D eigenvalue weighted by Gasteiger charge is 2.13. The molecular weight excluding hydrogens is 259 g/mol. The van der Waals surface area contributed by atoms with E-state index in [0.717, 1.165) is 0 Å². The Kier molecular flexibility index (Phi) is 2.98. The van der Waals surface area contributed by atoms with Gasteiger partial charge >= 0.3 is 0 Å². The second kappa shape index (κ2) is 4.80. The molecule has 0 aliphatic rings. The van der Waals surface area contributed by atoms with E-state index in [9.17, 15) is 4.39 Å². The predicted molar refractivity (Wildman–Crippen MR) is 73.7 cm³/mol. The molecule has 0 amide bonds. The minimum atomic E-state index is -0.395. The average Bonchev–Trinajstić information content (AvgIpc) is 2.92. The fourth-order valence-corrected chi connectivity index (χ4v) is 1.90. The van der Waals surface area contributed by atoms with E-state index in [1.54, 1.807) is 55.2 Å². The van der Waals surface area contributed by atoms with Gasteiger partial charge in [0.2, 0.25) is 5.65 Å². The van der Waals surface area contributed by atoms with E-state index < -0.39 is 5.82 Å². The van der Waals surface area contributed by atoms with Crippen molar-refractivity contribution < 1.29 is 9.13 Å². The van der Waals surface area contributed by atoms with Gasteiger partial charge in [0.15, 0.2) is 11.6 Å². The molecule has 3 aromatic rings. The lowest BCUT2D eigenvalue weighted by Crippen LogP contribution is -2.00. The Labute approximate surface area is 115 Å². The minimum absolute atomic E-state index is 0.135. The lowest BCUT2D eigenvalue weighted by atomic mass is 10.2. The summed E-state index contributed by atoms with van der Waals surface area (Å²) in [6.07, 6.45) is 5.19. The molecule has 0 aliphatic carbocycles. The van der Waals surface area contributed by atoms with Crippen molar-refractivity contribution in [2.75, 3.05) is 12.4 Å². The molecule has 20 heavy (non-hydrogen) atoms. The molecule has 0 radical (unpaired) electrons. The van der Waals surface area contributed by atoms with Gasteiger partial charge in [-0.25, -0.2) is 9.37 Å². The van der Waals surface area contributed by atoms with E-state index >= 15 is 0 Å². The van der Waals surface area contributed by atoms with Crippen LogP contribution in [0.3, 0.4) is 0 Å². The number of rotatable bonds is 3. The van der Waals surface area contributed by atoms with Crippen LogP contribution in [0.25, 0.3) is 5.65 Å². The number of anilines is 1. The monoisotopic (exact) mass is 272 g/mol. The number of aryl methyl sites for hydroxylation is 1. The van der Waals surface area contributed by atoms with Crippen LogP contribution in [-0.4, -0.2) is 21.4 Å². The highest BCUT2D eigenvalue weighted by molar-refractivity contribution is 5.55. The van der Waals surface area contributed by atoms with Crippen LogP contribution in [-0.2, 0) is 0 Å². The van der Waals surface area contributed by atoms with Crippen molar-refractivity contribution in [3.8, 4) is 11.6 Å². The quantitative estimate of drug-likeness (QED) is 0.796. The first-order chi connectivity index (χ1) is 9.69. The van der Waals surface area contributed by atoms with Crippen LogP contribution in [0.1, 0.15) is 5.56 Å². The van der Waals surface area contributed by atoms with Gasteiger partial charge in [-0.15, -0.1) is 0 Å². The zero-order valence-corrected chi connectivity index (χ0v) is 11.1. The molecule has 2 heterocycles. The Morgan fingerprint density at radius 2 is 2.20 bits per heavy atom. The number of nitrogens with one attached hydrogen (secondary N) is 1. The van der Waals surface area contributed by atoms with Gasteiger partial charge in [-0.2, -0.15) is 4.98 Å². The zero-order chi connectivity index (χ0) is 14.1. The number of hydrogen-bond acceptors (Lipinski definition) is 4. The topological polar surface area (TPSA) is 51.5 Å². The number of hydrogen-bond donors (Lipinski definition) is 1. The highest BCUT2D eigenvalue weighted by atomic mass is 19.1. The number of halogens is 1. The van der Waals surface area contributed by atoms with Crippen molar-refractivity contribution in [3.63, 3.8) is 0 Å². The molecule has 0 saturated carbocycles. The number of ether oxygens (including phenoxy) is 1. The van der Waals surface area contributed by atoms with E-state index in [0.29, 0.717) is 17.0 Å².